The van der Waals surface area contributed by atoms with Crippen LogP contribution in [0.2, 0.25) is 0 Å². The fourth-order valence-corrected chi connectivity index (χ4v) is 2.71. The van der Waals surface area contributed by atoms with Gasteiger partial charge in [-0.15, -0.1) is 0 Å². The summed E-state index contributed by atoms with van der Waals surface area (Å²) in [6, 6.07) is 12.5. The van der Waals surface area contributed by atoms with E-state index < -0.39 is 0 Å². The van der Waals surface area contributed by atoms with Crippen LogP contribution in [0.5, 0.6) is 17.2 Å². The molecular formula is C21H22N4O4. The number of rotatable bonds is 8. The first kappa shape index (κ1) is 19.9. The van der Waals surface area contributed by atoms with Gasteiger partial charge in [0.25, 0.3) is 5.91 Å². The lowest BCUT2D eigenvalue weighted by atomic mass is 10.2. The lowest BCUT2D eigenvalue weighted by molar-refractivity contribution is 0.102. The summed E-state index contributed by atoms with van der Waals surface area (Å²) in [6.07, 6.45) is 3.31. The zero-order valence-corrected chi connectivity index (χ0v) is 16.4. The number of nitrogens with zero attached hydrogens (tertiary/aromatic N) is 2. The molecular weight excluding hydrogens is 372 g/mol. The molecule has 0 aliphatic rings. The van der Waals surface area contributed by atoms with Gasteiger partial charge in [-0.2, -0.15) is 0 Å². The van der Waals surface area contributed by atoms with Crippen LogP contribution in [0.1, 0.15) is 16.2 Å². The molecule has 0 atom stereocenters. The molecule has 0 radical (unpaired) electrons. The predicted molar refractivity (Wildman–Crippen MR) is 110 cm³/mol. The first-order valence-corrected chi connectivity index (χ1v) is 8.85. The Balaban J connectivity index is 1.74. The second kappa shape index (κ2) is 9.41. The highest BCUT2D eigenvalue weighted by molar-refractivity contribution is 6.03. The van der Waals surface area contributed by atoms with Crippen molar-refractivity contribution >= 4 is 17.3 Å². The number of pyridine rings is 2. The molecule has 1 aromatic carbocycles. The first-order chi connectivity index (χ1) is 14.1. The van der Waals surface area contributed by atoms with Crippen LogP contribution >= 0.6 is 0 Å². The van der Waals surface area contributed by atoms with Crippen molar-refractivity contribution in [1.82, 2.24) is 9.97 Å². The van der Waals surface area contributed by atoms with Crippen LogP contribution in [0, 0.1) is 0 Å². The molecule has 1 amide bonds. The highest BCUT2D eigenvalue weighted by atomic mass is 16.5. The van der Waals surface area contributed by atoms with Gasteiger partial charge < -0.3 is 24.8 Å². The molecule has 2 N–H and O–H groups in total. The molecule has 0 aliphatic heterocycles. The van der Waals surface area contributed by atoms with Crippen molar-refractivity contribution < 1.29 is 19.0 Å². The molecule has 2 heterocycles. The Kier molecular flexibility index (Phi) is 6.47. The average molecular weight is 394 g/mol. The van der Waals surface area contributed by atoms with Crippen molar-refractivity contribution in [3.8, 4) is 17.2 Å². The van der Waals surface area contributed by atoms with E-state index in [1.807, 2.05) is 18.2 Å². The predicted octanol–water partition coefficient (Wildman–Crippen LogP) is 3.37. The van der Waals surface area contributed by atoms with Crippen LogP contribution in [0.4, 0.5) is 11.4 Å². The molecule has 150 valence electrons. The van der Waals surface area contributed by atoms with E-state index in [1.54, 1.807) is 36.7 Å². The largest absolute Gasteiger partial charge is 0.493 e. The van der Waals surface area contributed by atoms with Crippen molar-refractivity contribution in [1.29, 1.82) is 0 Å². The number of benzene rings is 1. The minimum Gasteiger partial charge on any atom is -0.493 e. The number of nitrogens with one attached hydrogen (secondary N) is 2. The summed E-state index contributed by atoms with van der Waals surface area (Å²) < 4.78 is 15.9. The molecule has 0 aliphatic carbocycles. The van der Waals surface area contributed by atoms with Crippen LogP contribution in [-0.4, -0.2) is 37.2 Å². The van der Waals surface area contributed by atoms with Crippen molar-refractivity contribution in [2.45, 2.75) is 6.54 Å². The zero-order chi connectivity index (χ0) is 20.6. The third-order valence-electron chi connectivity index (χ3n) is 4.11. The normalized spacial score (nSPS) is 10.2. The summed E-state index contributed by atoms with van der Waals surface area (Å²) in [5.41, 5.74) is 2.43. The molecule has 0 fully saturated rings. The third kappa shape index (κ3) is 4.92. The molecule has 0 unspecified atom stereocenters. The minimum atomic E-state index is -0.360. The number of hydrogen-bond acceptors (Lipinski definition) is 7. The SMILES string of the molecule is COc1cc(NC(=O)c2cc(NCc3ccccn3)ccn2)cc(OC)c1OC. The number of aromatic nitrogens is 2. The quantitative estimate of drug-likeness (QED) is 0.605. The number of anilines is 2. The molecule has 29 heavy (non-hydrogen) atoms. The average Bonchev–Trinajstić information content (AvgIpc) is 2.77. The van der Waals surface area contributed by atoms with E-state index in [1.165, 1.54) is 21.3 Å². The molecule has 0 saturated carbocycles. The van der Waals surface area contributed by atoms with Gasteiger partial charge in [-0.3, -0.25) is 14.8 Å². The Morgan fingerprint density at radius 3 is 2.28 bits per heavy atom. The highest BCUT2D eigenvalue weighted by Gasteiger charge is 2.16. The molecule has 3 aromatic rings. The molecule has 0 spiro atoms. The van der Waals surface area contributed by atoms with Crippen molar-refractivity contribution in [3.05, 3.63) is 66.2 Å². The van der Waals surface area contributed by atoms with Gasteiger partial charge in [0, 0.05) is 35.9 Å². The smallest absolute Gasteiger partial charge is 0.274 e. The minimum absolute atomic E-state index is 0.268. The fraction of sp³-hybridized carbons (Fsp3) is 0.190. The van der Waals surface area contributed by atoms with Gasteiger partial charge in [-0.25, -0.2) is 0 Å². The standard InChI is InChI=1S/C21H22N4O4/c1-27-18-11-16(12-19(28-2)20(18)29-3)25-21(26)17-10-14(7-9-23-17)24-13-15-6-4-5-8-22-15/h4-12H,13H2,1-3H3,(H,23,24)(H,25,26). The molecule has 8 nitrogen and oxygen atoms in total. The molecule has 8 heteroatoms. The van der Waals surface area contributed by atoms with Crippen molar-refractivity contribution in [2.75, 3.05) is 32.0 Å². The summed E-state index contributed by atoms with van der Waals surface area (Å²) in [5, 5.41) is 6.04. The number of carbonyl (C=O) groups is 1. The van der Waals surface area contributed by atoms with Crippen LogP contribution < -0.4 is 24.8 Å². The van der Waals surface area contributed by atoms with E-state index in [0.717, 1.165) is 11.4 Å². The van der Waals surface area contributed by atoms with Crippen molar-refractivity contribution in [3.63, 3.8) is 0 Å². The Hall–Kier alpha value is -3.81. The van der Waals surface area contributed by atoms with Crippen LogP contribution in [0.3, 0.4) is 0 Å². The number of carbonyl (C=O) groups excluding carboxylic acids is 1. The lowest BCUT2D eigenvalue weighted by Crippen LogP contribution is -2.14. The summed E-state index contributed by atoms with van der Waals surface area (Å²) in [5.74, 6) is 0.981. The molecule has 0 bridgehead atoms. The molecule has 3 rings (SSSR count). The van der Waals surface area contributed by atoms with E-state index in [-0.39, 0.29) is 11.6 Å². The maximum atomic E-state index is 12.7. The molecule has 2 aromatic heterocycles. The Morgan fingerprint density at radius 1 is 0.897 bits per heavy atom. The lowest BCUT2D eigenvalue weighted by Gasteiger charge is -2.14. The Bertz CT molecular complexity index is 954. The monoisotopic (exact) mass is 394 g/mol. The van der Waals surface area contributed by atoms with Gasteiger partial charge in [0.1, 0.15) is 5.69 Å². The van der Waals surface area contributed by atoms with E-state index in [9.17, 15) is 4.79 Å². The Morgan fingerprint density at radius 2 is 1.66 bits per heavy atom. The van der Waals surface area contributed by atoms with Gasteiger partial charge in [0.05, 0.1) is 33.6 Å². The van der Waals surface area contributed by atoms with Gasteiger partial charge in [-0.1, -0.05) is 6.07 Å². The summed E-state index contributed by atoms with van der Waals surface area (Å²) in [7, 11) is 4.55. The summed E-state index contributed by atoms with van der Waals surface area (Å²) in [6.45, 7) is 0.540. The van der Waals surface area contributed by atoms with Crippen LogP contribution in [0.15, 0.2) is 54.9 Å². The maximum absolute atomic E-state index is 12.7. The number of hydrogen-bond donors (Lipinski definition) is 2. The summed E-state index contributed by atoms with van der Waals surface area (Å²) in [4.78, 5) is 21.1. The summed E-state index contributed by atoms with van der Waals surface area (Å²) >= 11 is 0. The third-order valence-corrected chi connectivity index (χ3v) is 4.11. The van der Waals surface area contributed by atoms with E-state index in [0.29, 0.717) is 29.5 Å². The zero-order valence-electron chi connectivity index (χ0n) is 16.4. The second-order valence-corrected chi connectivity index (χ2v) is 5.97. The van der Waals surface area contributed by atoms with Crippen molar-refractivity contribution in [2.24, 2.45) is 0 Å². The van der Waals surface area contributed by atoms with E-state index in [4.69, 9.17) is 14.2 Å². The number of methoxy groups -OCH3 is 3. The molecule has 0 saturated heterocycles. The Labute approximate surface area is 168 Å². The number of amides is 1. The maximum Gasteiger partial charge on any atom is 0.274 e. The van der Waals surface area contributed by atoms with Crippen LogP contribution in [0.25, 0.3) is 0 Å². The second-order valence-electron chi connectivity index (χ2n) is 5.97. The first-order valence-electron chi connectivity index (χ1n) is 8.85. The van der Waals surface area contributed by atoms with E-state index in [2.05, 4.69) is 20.6 Å². The van der Waals surface area contributed by atoms with E-state index >= 15 is 0 Å². The number of ether oxygens (including phenoxy) is 3. The van der Waals surface area contributed by atoms with Crippen LogP contribution in [-0.2, 0) is 6.54 Å². The van der Waals surface area contributed by atoms with Gasteiger partial charge in [-0.05, 0) is 24.3 Å². The van der Waals surface area contributed by atoms with Gasteiger partial charge in [0.15, 0.2) is 11.5 Å². The highest BCUT2D eigenvalue weighted by Crippen LogP contribution is 2.40. The topological polar surface area (TPSA) is 94.6 Å². The fourth-order valence-electron chi connectivity index (χ4n) is 2.71. The van der Waals surface area contributed by atoms with Gasteiger partial charge in [0.2, 0.25) is 5.75 Å². The van der Waals surface area contributed by atoms with Gasteiger partial charge >= 0.3 is 0 Å².